The number of ether oxygens (including phenoxy) is 1. The molecule has 0 aromatic rings. The van der Waals surface area contributed by atoms with Crippen molar-refractivity contribution in [2.75, 3.05) is 6.61 Å². The Labute approximate surface area is 142 Å². The van der Waals surface area contributed by atoms with E-state index in [2.05, 4.69) is 0 Å². The molecule has 6 heteroatoms. The Balaban J connectivity index is 1.61. The minimum Gasteiger partial charge on any atom is -0.393 e. The highest BCUT2D eigenvalue weighted by Crippen LogP contribution is 2.44. The zero-order valence-corrected chi connectivity index (χ0v) is 14.2. The normalized spacial score (nSPS) is 53.8. The van der Waals surface area contributed by atoms with Crippen molar-refractivity contribution in [2.24, 2.45) is 23.7 Å². The third-order valence-corrected chi connectivity index (χ3v) is 6.53. The van der Waals surface area contributed by atoms with Gasteiger partial charge >= 0.3 is 0 Å². The number of halogens is 2. The van der Waals surface area contributed by atoms with Gasteiger partial charge < -0.3 is 20.1 Å². The number of hydrogen-bond acceptors (Lipinski definition) is 4. The number of rotatable bonds is 2. The lowest BCUT2D eigenvalue weighted by Gasteiger charge is -2.46. The molecule has 1 saturated heterocycles. The van der Waals surface area contributed by atoms with E-state index in [0.29, 0.717) is 25.9 Å². The lowest BCUT2D eigenvalue weighted by atomic mass is 9.65. The smallest absolute Gasteiger partial charge is 0.106 e. The van der Waals surface area contributed by atoms with E-state index in [1.165, 1.54) is 0 Å². The fourth-order valence-electron chi connectivity index (χ4n) is 4.99. The molecule has 4 nitrogen and oxygen atoms in total. The maximum atomic E-state index is 14.0. The molecular formula is C18H30F2O4. The standard InChI is InChI=1S/C18H30F2O4/c1-9-13(19)4-11(5-14(9)20)18-15(22)6-10(7-16(18)23)17-3-2-12(21)8-24-17/h9-18,21-23H,2-8H2,1H3. The fraction of sp³-hybridized carbons (Fsp3) is 1.00. The Kier molecular flexibility index (Phi) is 5.79. The zero-order valence-electron chi connectivity index (χ0n) is 14.2. The van der Waals surface area contributed by atoms with E-state index < -0.39 is 42.5 Å². The molecule has 140 valence electrons. The average Bonchev–Trinajstić information content (AvgIpc) is 2.52. The molecule has 0 aromatic heterocycles. The highest BCUT2D eigenvalue weighted by Gasteiger charge is 2.47. The highest BCUT2D eigenvalue weighted by atomic mass is 19.1. The van der Waals surface area contributed by atoms with Crippen LogP contribution in [0.4, 0.5) is 8.78 Å². The van der Waals surface area contributed by atoms with Crippen molar-refractivity contribution in [1.82, 2.24) is 0 Å². The SMILES string of the molecule is CC1C(F)CC(C2C(O)CC(C3CCC(O)CO3)CC2O)CC1F. The van der Waals surface area contributed by atoms with E-state index in [-0.39, 0.29) is 30.8 Å². The summed E-state index contributed by atoms with van der Waals surface area (Å²) < 4.78 is 33.8. The van der Waals surface area contributed by atoms with Gasteiger partial charge in [0.2, 0.25) is 0 Å². The van der Waals surface area contributed by atoms with Crippen LogP contribution in [0.25, 0.3) is 0 Å². The lowest BCUT2D eigenvalue weighted by Crippen LogP contribution is -2.50. The summed E-state index contributed by atoms with van der Waals surface area (Å²) in [6, 6.07) is 0. The van der Waals surface area contributed by atoms with Crippen LogP contribution >= 0.6 is 0 Å². The number of aliphatic hydroxyl groups is 3. The average molecular weight is 348 g/mol. The molecule has 0 aromatic carbocycles. The van der Waals surface area contributed by atoms with Crippen molar-refractivity contribution in [3.63, 3.8) is 0 Å². The first kappa shape index (κ1) is 18.5. The molecule has 6 atom stereocenters. The van der Waals surface area contributed by atoms with E-state index in [1.807, 2.05) is 0 Å². The summed E-state index contributed by atoms with van der Waals surface area (Å²) in [5.74, 6) is -1.34. The van der Waals surface area contributed by atoms with Gasteiger partial charge in [-0.15, -0.1) is 0 Å². The Hall–Kier alpha value is -0.300. The van der Waals surface area contributed by atoms with Crippen LogP contribution < -0.4 is 0 Å². The minimum absolute atomic E-state index is 0.0311. The van der Waals surface area contributed by atoms with Crippen LogP contribution in [-0.4, -0.2) is 58.7 Å². The van der Waals surface area contributed by atoms with Gasteiger partial charge in [-0.3, -0.25) is 0 Å². The number of hydrogen-bond donors (Lipinski definition) is 3. The van der Waals surface area contributed by atoms with Gasteiger partial charge in [0.05, 0.1) is 31.0 Å². The van der Waals surface area contributed by atoms with Crippen LogP contribution in [0.3, 0.4) is 0 Å². The van der Waals surface area contributed by atoms with E-state index in [0.717, 1.165) is 6.42 Å². The maximum absolute atomic E-state index is 14.0. The molecule has 0 radical (unpaired) electrons. The molecule has 0 bridgehead atoms. The first-order chi connectivity index (χ1) is 11.4. The quantitative estimate of drug-likeness (QED) is 0.714. The summed E-state index contributed by atoms with van der Waals surface area (Å²) in [5.41, 5.74) is 0. The molecule has 1 heterocycles. The van der Waals surface area contributed by atoms with Gasteiger partial charge in [0.15, 0.2) is 0 Å². The molecule has 2 aliphatic carbocycles. The predicted molar refractivity (Wildman–Crippen MR) is 84.9 cm³/mol. The first-order valence-corrected chi connectivity index (χ1v) is 9.30. The second-order valence-corrected chi connectivity index (χ2v) is 8.17. The monoisotopic (exact) mass is 348 g/mol. The summed E-state index contributed by atoms with van der Waals surface area (Å²) in [6.45, 7) is 1.88. The van der Waals surface area contributed by atoms with Crippen LogP contribution in [0.15, 0.2) is 0 Å². The van der Waals surface area contributed by atoms with Gasteiger partial charge in [-0.05, 0) is 50.4 Å². The van der Waals surface area contributed by atoms with Crippen molar-refractivity contribution in [1.29, 1.82) is 0 Å². The van der Waals surface area contributed by atoms with Crippen LogP contribution in [0, 0.1) is 23.7 Å². The Morgan fingerprint density at radius 2 is 1.42 bits per heavy atom. The van der Waals surface area contributed by atoms with Crippen LogP contribution in [-0.2, 0) is 4.74 Å². The van der Waals surface area contributed by atoms with Crippen LogP contribution in [0.5, 0.6) is 0 Å². The molecular weight excluding hydrogens is 318 g/mol. The van der Waals surface area contributed by atoms with Crippen LogP contribution in [0.2, 0.25) is 0 Å². The molecule has 0 spiro atoms. The van der Waals surface area contributed by atoms with Crippen molar-refractivity contribution >= 4 is 0 Å². The topological polar surface area (TPSA) is 69.9 Å². The lowest BCUT2D eigenvalue weighted by molar-refractivity contribution is -0.136. The van der Waals surface area contributed by atoms with Crippen LogP contribution in [0.1, 0.15) is 45.4 Å². The van der Waals surface area contributed by atoms with Crippen molar-refractivity contribution in [3.8, 4) is 0 Å². The van der Waals surface area contributed by atoms with E-state index in [9.17, 15) is 24.1 Å². The largest absolute Gasteiger partial charge is 0.393 e. The molecule has 0 amide bonds. The van der Waals surface area contributed by atoms with Gasteiger partial charge in [0.1, 0.15) is 12.3 Å². The Morgan fingerprint density at radius 3 is 1.92 bits per heavy atom. The maximum Gasteiger partial charge on any atom is 0.106 e. The second-order valence-electron chi connectivity index (χ2n) is 8.17. The summed E-state index contributed by atoms with van der Waals surface area (Å²) in [4.78, 5) is 0. The fourth-order valence-corrected chi connectivity index (χ4v) is 4.99. The van der Waals surface area contributed by atoms with Gasteiger partial charge in [0.25, 0.3) is 0 Å². The molecule has 1 aliphatic heterocycles. The Morgan fingerprint density at radius 1 is 0.833 bits per heavy atom. The third kappa shape index (κ3) is 3.76. The third-order valence-electron chi connectivity index (χ3n) is 6.53. The zero-order chi connectivity index (χ0) is 17.4. The van der Waals surface area contributed by atoms with E-state index in [1.54, 1.807) is 6.92 Å². The van der Waals surface area contributed by atoms with E-state index in [4.69, 9.17) is 4.74 Å². The summed E-state index contributed by atoms with van der Waals surface area (Å²) in [6.07, 6.45) is -1.62. The van der Waals surface area contributed by atoms with Crippen molar-refractivity contribution in [2.45, 2.75) is 82.2 Å². The van der Waals surface area contributed by atoms with Gasteiger partial charge in [0, 0.05) is 11.8 Å². The number of alkyl halides is 2. The van der Waals surface area contributed by atoms with Crippen molar-refractivity contribution in [3.05, 3.63) is 0 Å². The summed E-state index contributed by atoms with van der Waals surface area (Å²) in [5, 5.41) is 30.7. The molecule has 24 heavy (non-hydrogen) atoms. The molecule has 3 rings (SSSR count). The van der Waals surface area contributed by atoms with Crippen molar-refractivity contribution < 1.29 is 28.8 Å². The predicted octanol–water partition coefficient (Wildman–Crippen LogP) is 2.00. The molecule has 6 unspecified atom stereocenters. The first-order valence-electron chi connectivity index (χ1n) is 9.30. The van der Waals surface area contributed by atoms with Gasteiger partial charge in [-0.2, -0.15) is 0 Å². The number of aliphatic hydroxyl groups excluding tert-OH is 3. The van der Waals surface area contributed by atoms with Gasteiger partial charge in [-0.25, -0.2) is 8.78 Å². The molecule has 2 saturated carbocycles. The summed E-state index contributed by atoms with van der Waals surface area (Å²) in [7, 11) is 0. The molecule has 3 aliphatic rings. The Bertz CT molecular complexity index is 392. The molecule has 3 fully saturated rings. The summed E-state index contributed by atoms with van der Waals surface area (Å²) >= 11 is 0. The van der Waals surface area contributed by atoms with Gasteiger partial charge in [-0.1, -0.05) is 6.92 Å². The minimum atomic E-state index is -1.21. The second kappa shape index (κ2) is 7.52. The highest BCUT2D eigenvalue weighted by molar-refractivity contribution is 4.97. The van der Waals surface area contributed by atoms with E-state index >= 15 is 0 Å². The molecule has 3 N–H and O–H groups in total.